The fourth-order valence-electron chi connectivity index (χ4n) is 3.02. The second kappa shape index (κ2) is 6.75. The predicted octanol–water partition coefficient (Wildman–Crippen LogP) is 1.92. The van der Waals surface area contributed by atoms with E-state index >= 15 is 0 Å². The Hall–Kier alpha value is -1.14. The number of anilines is 1. The van der Waals surface area contributed by atoms with Crippen molar-refractivity contribution in [1.29, 1.82) is 0 Å². The molecule has 116 valence electrons. The van der Waals surface area contributed by atoms with Crippen molar-refractivity contribution in [2.45, 2.75) is 26.2 Å². The lowest BCUT2D eigenvalue weighted by Crippen LogP contribution is -2.40. The summed E-state index contributed by atoms with van der Waals surface area (Å²) in [6.45, 7) is 7.06. The van der Waals surface area contributed by atoms with Crippen molar-refractivity contribution in [3.05, 3.63) is 11.1 Å². The van der Waals surface area contributed by atoms with Crippen LogP contribution < -0.4 is 4.90 Å². The van der Waals surface area contributed by atoms with E-state index in [9.17, 15) is 4.79 Å². The van der Waals surface area contributed by atoms with Crippen molar-refractivity contribution in [2.75, 3.05) is 44.3 Å². The van der Waals surface area contributed by atoms with Gasteiger partial charge in [-0.25, -0.2) is 4.98 Å². The Kier molecular flexibility index (Phi) is 4.75. The van der Waals surface area contributed by atoms with Crippen molar-refractivity contribution < 1.29 is 9.53 Å². The number of rotatable bonds is 2. The van der Waals surface area contributed by atoms with Gasteiger partial charge in [0, 0.05) is 50.7 Å². The lowest BCUT2D eigenvalue weighted by atomic mass is 9.98. The van der Waals surface area contributed by atoms with Crippen LogP contribution in [0.25, 0.3) is 0 Å². The van der Waals surface area contributed by atoms with E-state index in [0.29, 0.717) is 5.91 Å². The zero-order valence-corrected chi connectivity index (χ0v) is 13.4. The van der Waals surface area contributed by atoms with Gasteiger partial charge < -0.3 is 14.5 Å². The number of carbonyl (C=O) groups is 1. The Morgan fingerprint density at radius 1 is 1.29 bits per heavy atom. The number of ether oxygens (including phenoxy) is 1. The minimum atomic E-state index is 0.174. The van der Waals surface area contributed by atoms with Gasteiger partial charge in [-0.2, -0.15) is 0 Å². The summed E-state index contributed by atoms with van der Waals surface area (Å²) in [6.07, 6.45) is 2.78. The first-order valence-corrected chi connectivity index (χ1v) is 8.65. The summed E-state index contributed by atoms with van der Waals surface area (Å²) in [5, 5.41) is 3.18. The van der Waals surface area contributed by atoms with Gasteiger partial charge in [0.05, 0.1) is 5.69 Å². The second-order valence-electron chi connectivity index (χ2n) is 5.82. The summed E-state index contributed by atoms with van der Waals surface area (Å²) in [5.41, 5.74) is 1.08. The monoisotopic (exact) mass is 309 g/mol. The van der Waals surface area contributed by atoms with Crippen LogP contribution in [0.1, 0.15) is 25.0 Å². The first kappa shape index (κ1) is 14.8. The fraction of sp³-hybridized carbons (Fsp3) is 0.733. The maximum Gasteiger partial charge on any atom is 0.225 e. The minimum Gasteiger partial charge on any atom is -0.381 e. The Bertz CT molecular complexity index is 485. The van der Waals surface area contributed by atoms with Crippen LogP contribution in [-0.4, -0.2) is 55.2 Å². The molecule has 0 saturated carbocycles. The van der Waals surface area contributed by atoms with Crippen molar-refractivity contribution in [1.82, 2.24) is 9.88 Å². The van der Waals surface area contributed by atoms with Gasteiger partial charge in [-0.3, -0.25) is 4.79 Å². The molecule has 2 saturated heterocycles. The van der Waals surface area contributed by atoms with E-state index in [4.69, 9.17) is 4.74 Å². The molecule has 0 N–H and O–H groups in total. The number of hydrogen-bond acceptors (Lipinski definition) is 5. The Morgan fingerprint density at radius 3 is 2.81 bits per heavy atom. The number of amides is 1. The van der Waals surface area contributed by atoms with E-state index in [1.165, 1.54) is 0 Å². The molecule has 2 aliphatic heterocycles. The Labute approximate surface area is 129 Å². The van der Waals surface area contributed by atoms with E-state index in [1.54, 1.807) is 11.3 Å². The largest absolute Gasteiger partial charge is 0.381 e. The van der Waals surface area contributed by atoms with Crippen molar-refractivity contribution in [3.63, 3.8) is 0 Å². The molecule has 0 aliphatic carbocycles. The smallest absolute Gasteiger partial charge is 0.225 e. The third-order valence-corrected chi connectivity index (χ3v) is 5.27. The van der Waals surface area contributed by atoms with Gasteiger partial charge in [-0.1, -0.05) is 0 Å². The average molecular weight is 309 g/mol. The van der Waals surface area contributed by atoms with E-state index in [1.807, 2.05) is 6.92 Å². The van der Waals surface area contributed by atoms with Crippen LogP contribution in [0, 0.1) is 12.8 Å². The van der Waals surface area contributed by atoms with Crippen LogP contribution in [0.15, 0.2) is 5.38 Å². The summed E-state index contributed by atoms with van der Waals surface area (Å²) in [4.78, 5) is 21.5. The number of thiazole rings is 1. The standard InChI is InChI=1S/C15H23N3O2S/c1-12-11-21-15(16-12)18-6-2-5-17(7-8-18)14(19)13-3-9-20-10-4-13/h11,13H,2-10H2,1H3. The maximum atomic E-state index is 12.6. The summed E-state index contributed by atoms with van der Waals surface area (Å²) >= 11 is 1.70. The van der Waals surface area contributed by atoms with Crippen LogP contribution in [0.5, 0.6) is 0 Å². The molecule has 3 rings (SSSR count). The predicted molar refractivity (Wildman–Crippen MR) is 83.8 cm³/mol. The Morgan fingerprint density at radius 2 is 2.10 bits per heavy atom. The highest BCUT2D eigenvalue weighted by Gasteiger charge is 2.28. The van der Waals surface area contributed by atoms with Gasteiger partial charge in [0.25, 0.3) is 0 Å². The molecule has 1 aromatic heterocycles. The highest BCUT2D eigenvalue weighted by molar-refractivity contribution is 7.13. The normalized spacial score (nSPS) is 21.4. The van der Waals surface area contributed by atoms with Gasteiger partial charge in [-0.05, 0) is 26.2 Å². The van der Waals surface area contributed by atoms with Crippen LogP contribution in [-0.2, 0) is 9.53 Å². The third kappa shape index (κ3) is 3.55. The van der Waals surface area contributed by atoms with Crippen LogP contribution in [0.3, 0.4) is 0 Å². The van der Waals surface area contributed by atoms with E-state index in [2.05, 4.69) is 20.2 Å². The van der Waals surface area contributed by atoms with Crippen LogP contribution >= 0.6 is 11.3 Å². The summed E-state index contributed by atoms with van der Waals surface area (Å²) < 4.78 is 5.35. The molecule has 0 spiro atoms. The molecule has 0 radical (unpaired) electrons. The van der Waals surface area contributed by atoms with Crippen molar-refractivity contribution >= 4 is 22.4 Å². The molecule has 0 aromatic carbocycles. The van der Waals surface area contributed by atoms with Gasteiger partial charge in [0.15, 0.2) is 5.13 Å². The molecule has 3 heterocycles. The number of hydrogen-bond donors (Lipinski definition) is 0. The molecule has 2 aliphatic rings. The van der Waals surface area contributed by atoms with Gasteiger partial charge in [-0.15, -0.1) is 11.3 Å². The maximum absolute atomic E-state index is 12.6. The average Bonchev–Trinajstić information content (AvgIpc) is 2.81. The zero-order chi connectivity index (χ0) is 14.7. The van der Waals surface area contributed by atoms with Crippen LogP contribution in [0.2, 0.25) is 0 Å². The highest BCUT2D eigenvalue weighted by Crippen LogP contribution is 2.23. The van der Waals surface area contributed by atoms with E-state index in [-0.39, 0.29) is 5.92 Å². The molecule has 2 fully saturated rings. The lowest BCUT2D eigenvalue weighted by Gasteiger charge is -2.28. The lowest BCUT2D eigenvalue weighted by molar-refractivity contribution is -0.138. The SMILES string of the molecule is Cc1csc(N2CCCN(C(=O)C3CCOCC3)CC2)n1. The molecule has 0 atom stereocenters. The van der Waals surface area contributed by atoms with E-state index < -0.39 is 0 Å². The molecule has 6 heteroatoms. The topological polar surface area (TPSA) is 45.7 Å². The number of carbonyl (C=O) groups excluding carboxylic acids is 1. The molecule has 0 unspecified atom stereocenters. The van der Waals surface area contributed by atoms with E-state index in [0.717, 1.165) is 69.5 Å². The second-order valence-corrected chi connectivity index (χ2v) is 6.66. The van der Waals surface area contributed by atoms with Gasteiger partial charge in [0.1, 0.15) is 0 Å². The first-order valence-electron chi connectivity index (χ1n) is 7.77. The molecule has 5 nitrogen and oxygen atoms in total. The number of nitrogens with zero attached hydrogens (tertiary/aromatic N) is 3. The van der Waals surface area contributed by atoms with Gasteiger partial charge in [0.2, 0.25) is 5.91 Å². The summed E-state index contributed by atoms with van der Waals surface area (Å²) in [5.74, 6) is 0.503. The molecule has 1 amide bonds. The highest BCUT2D eigenvalue weighted by atomic mass is 32.1. The molecule has 21 heavy (non-hydrogen) atoms. The van der Waals surface area contributed by atoms with Gasteiger partial charge >= 0.3 is 0 Å². The molecular weight excluding hydrogens is 286 g/mol. The molecule has 1 aromatic rings. The summed E-state index contributed by atoms with van der Waals surface area (Å²) in [6, 6.07) is 0. The van der Waals surface area contributed by atoms with Crippen LogP contribution in [0.4, 0.5) is 5.13 Å². The first-order chi connectivity index (χ1) is 10.2. The Balaban J connectivity index is 1.58. The molecule has 0 bridgehead atoms. The zero-order valence-electron chi connectivity index (χ0n) is 12.6. The van der Waals surface area contributed by atoms with Crippen molar-refractivity contribution in [2.24, 2.45) is 5.92 Å². The summed E-state index contributed by atoms with van der Waals surface area (Å²) in [7, 11) is 0. The number of aryl methyl sites for hydroxylation is 1. The molecular formula is C15H23N3O2S. The quantitative estimate of drug-likeness (QED) is 0.837. The van der Waals surface area contributed by atoms with Crippen molar-refractivity contribution in [3.8, 4) is 0 Å². The fourth-order valence-corrected chi connectivity index (χ4v) is 3.88. The minimum absolute atomic E-state index is 0.174. The number of aromatic nitrogens is 1. The third-order valence-electron chi connectivity index (χ3n) is 4.26.